The molecule has 1 aromatic carbocycles. The Hall–Kier alpha value is -3.29. The summed E-state index contributed by atoms with van der Waals surface area (Å²) in [5, 5.41) is 7.39. The molecule has 7 nitrogen and oxygen atoms in total. The van der Waals surface area contributed by atoms with Crippen LogP contribution in [0.3, 0.4) is 0 Å². The van der Waals surface area contributed by atoms with Crippen molar-refractivity contribution in [1.29, 1.82) is 0 Å². The minimum atomic E-state index is -0.276. The molecular weight excluding hydrogens is 407 g/mol. The zero-order chi connectivity index (χ0) is 22.2. The Labute approximate surface area is 186 Å². The largest absolute Gasteiger partial charge is 0.347 e. The van der Waals surface area contributed by atoms with E-state index in [4.69, 9.17) is 4.98 Å². The number of benzene rings is 1. The predicted molar refractivity (Wildman–Crippen MR) is 120 cm³/mol. The number of aromatic amines is 1. The van der Waals surface area contributed by atoms with Gasteiger partial charge in [0.1, 0.15) is 5.82 Å². The number of piperidine rings is 1. The highest BCUT2D eigenvalue weighted by Crippen LogP contribution is 2.35. The summed E-state index contributed by atoms with van der Waals surface area (Å²) in [6.45, 7) is 1.30. The van der Waals surface area contributed by atoms with Crippen LogP contribution in [0.5, 0.6) is 0 Å². The van der Waals surface area contributed by atoms with Gasteiger partial charge in [0.2, 0.25) is 5.95 Å². The van der Waals surface area contributed by atoms with Crippen molar-refractivity contribution in [2.45, 2.75) is 38.0 Å². The fourth-order valence-electron chi connectivity index (χ4n) is 4.79. The SMILES string of the molecule is CN(C)c1ncc(-c2ccc(F)cc2)c([C@H]2CCCN(C(=O)c3n[nH]c4c3CCC4)C2)n1. The van der Waals surface area contributed by atoms with Gasteiger partial charge in [-0.25, -0.2) is 14.4 Å². The van der Waals surface area contributed by atoms with E-state index in [0.29, 0.717) is 24.7 Å². The average Bonchev–Trinajstić information content (AvgIpc) is 3.43. The summed E-state index contributed by atoms with van der Waals surface area (Å²) in [4.78, 5) is 26.5. The molecule has 1 aliphatic heterocycles. The molecule has 3 aromatic rings. The first-order valence-corrected chi connectivity index (χ1v) is 11.2. The highest BCUT2D eigenvalue weighted by molar-refractivity contribution is 5.94. The fraction of sp³-hybridized carbons (Fsp3) is 0.417. The van der Waals surface area contributed by atoms with E-state index >= 15 is 0 Å². The Kier molecular flexibility index (Phi) is 5.36. The van der Waals surface area contributed by atoms with Gasteiger partial charge in [-0.3, -0.25) is 9.89 Å². The Bertz CT molecular complexity index is 1140. The summed E-state index contributed by atoms with van der Waals surface area (Å²) >= 11 is 0. The zero-order valence-corrected chi connectivity index (χ0v) is 18.4. The fourth-order valence-corrected chi connectivity index (χ4v) is 4.79. The van der Waals surface area contributed by atoms with Gasteiger partial charge in [0.25, 0.3) is 5.91 Å². The molecule has 0 spiro atoms. The first-order chi connectivity index (χ1) is 15.5. The average molecular weight is 435 g/mol. The number of rotatable bonds is 4. The monoisotopic (exact) mass is 434 g/mol. The van der Waals surface area contributed by atoms with Gasteiger partial charge in [0.15, 0.2) is 5.69 Å². The number of hydrogen-bond acceptors (Lipinski definition) is 5. The van der Waals surface area contributed by atoms with Gasteiger partial charge in [-0.2, -0.15) is 5.10 Å². The number of halogens is 1. The van der Waals surface area contributed by atoms with E-state index in [2.05, 4.69) is 15.2 Å². The summed E-state index contributed by atoms with van der Waals surface area (Å²) in [6, 6.07) is 6.42. The summed E-state index contributed by atoms with van der Waals surface area (Å²) in [7, 11) is 3.82. The number of likely N-dealkylation sites (tertiary alicyclic amines) is 1. The highest BCUT2D eigenvalue weighted by Gasteiger charge is 2.32. The van der Waals surface area contributed by atoms with Crippen LogP contribution in [0, 0.1) is 5.82 Å². The van der Waals surface area contributed by atoms with Crippen LogP contribution in [0.2, 0.25) is 0 Å². The number of carbonyl (C=O) groups is 1. The van der Waals surface area contributed by atoms with Crippen LogP contribution < -0.4 is 4.90 Å². The molecule has 2 aromatic heterocycles. The Morgan fingerprint density at radius 1 is 1.19 bits per heavy atom. The van der Waals surface area contributed by atoms with Crippen molar-refractivity contribution >= 4 is 11.9 Å². The topological polar surface area (TPSA) is 78.0 Å². The van der Waals surface area contributed by atoms with Gasteiger partial charge in [0, 0.05) is 56.1 Å². The van der Waals surface area contributed by atoms with E-state index < -0.39 is 0 Å². The summed E-state index contributed by atoms with van der Waals surface area (Å²) in [5.74, 6) is 0.419. The van der Waals surface area contributed by atoms with Gasteiger partial charge in [-0.15, -0.1) is 0 Å². The van der Waals surface area contributed by atoms with Crippen LogP contribution in [-0.4, -0.2) is 58.2 Å². The van der Waals surface area contributed by atoms with E-state index in [1.807, 2.05) is 30.1 Å². The minimum Gasteiger partial charge on any atom is -0.347 e. The lowest BCUT2D eigenvalue weighted by Crippen LogP contribution is -2.40. The molecule has 32 heavy (non-hydrogen) atoms. The third-order valence-corrected chi connectivity index (χ3v) is 6.46. The summed E-state index contributed by atoms with van der Waals surface area (Å²) in [5.41, 5.74) is 5.43. The minimum absolute atomic E-state index is 0.000628. The lowest BCUT2D eigenvalue weighted by molar-refractivity contribution is 0.0699. The van der Waals surface area contributed by atoms with E-state index in [-0.39, 0.29) is 17.6 Å². The van der Waals surface area contributed by atoms with Crippen LogP contribution >= 0.6 is 0 Å². The normalized spacial score (nSPS) is 18.0. The lowest BCUT2D eigenvalue weighted by Gasteiger charge is -2.33. The molecule has 1 fully saturated rings. The van der Waals surface area contributed by atoms with Gasteiger partial charge in [0.05, 0.1) is 5.69 Å². The second-order valence-electron chi connectivity index (χ2n) is 8.84. The molecule has 2 aliphatic rings. The molecule has 0 radical (unpaired) electrons. The molecule has 3 heterocycles. The van der Waals surface area contributed by atoms with Gasteiger partial charge < -0.3 is 9.80 Å². The van der Waals surface area contributed by atoms with Gasteiger partial charge in [-0.05, 0) is 49.8 Å². The first kappa shape index (κ1) is 20.6. The molecule has 0 bridgehead atoms. The number of hydrogen-bond donors (Lipinski definition) is 1. The van der Waals surface area contributed by atoms with E-state index in [0.717, 1.165) is 60.2 Å². The van der Waals surface area contributed by atoms with Crippen molar-refractivity contribution in [2.24, 2.45) is 0 Å². The Morgan fingerprint density at radius 2 is 2.00 bits per heavy atom. The molecule has 166 valence electrons. The highest BCUT2D eigenvalue weighted by atomic mass is 19.1. The molecule has 8 heteroatoms. The number of nitrogens with zero attached hydrogens (tertiary/aromatic N) is 5. The zero-order valence-electron chi connectivity index (χ0n) is 18.4. The van der Waals surface area contributed by atoms with Crippen LogP contribution in [-0.2, 0) is 12.8 Å². The number of nitrogens with one attached hydrogen (secondary N) is 1. The maximum atomic E-state index is 13.5. The molecule has 0 saturated carbocycles. The number of amides is 1. The van der Waals surface area contributed by atoms with Crippen LogP contribution in [0.15, 0.2) is 30.5 Å². The number of aromatic nitrogens is 4. The van der Waals surface area contributed by atoms with Crippen LogP contribution in [0.25, 0.3) is 11.1 Å². The number of anilines is 1. The Balaban J connectivity index is 1.47. The first-order valence-electron chi connectivity index (χ1n) is 11.2. The van der Waals surface area contributed by atoms with Crippen molar-refractivity contribution in [3.05, 3.63) is 58.9 Å². The summed E-state index contributed by atoms with van der Waals surface area (Å²) in [6.07, 6.45) is 6.59. The van der Waals surface area contributed by atoms with E-state index in [9.17, 15) is 9.18 Å². The smallest absolute Gasteiger partial charge is 0.274 e. The van der Waals surface area contributed by atoms with Crippen LogP contribution in [0.4, 0.5) is 10.3 Å². The molecule has 0 unspecified atom stereocenters. The van der Waals surface area contributed by atoms with Gasteiger partial charge >= 0.3 is 0 Å². The molecule has 1 aliphatic carbocycles. The second kappa shape index (κ2) is 8.33. The predicted octanol–water partition coefficient (Wildman–Crippen LogP) is 3.58. The van der Waals surface area contributed by atoms with Crippen molar-refractivity contribution < 1.29 is 9.18 Å². The quantitative estimate of drug-likeness (QED) is 0.679. The van der Waals surface area contributed by atoms with E-state index in [1.54, 1.807) is 12.1 Å². The van der Waals surface area contributed by atoms with Crippen molar-refractivity contribution in [3.63, 3.8) is 0 Å². The number of aryl methyl sites for hydroxylation is 1. The van der Waals surface area contributed by atoms with Crippen LogP contribution in [0.1, 0.15) is 52.6 Å². The number of carbonyl (C=O) groups excluding carboxylic acids is 1. The molecule has 1 atom stereocenters. The molecule has 1 saturated heterocycles. The number of fused-ring (bicyclic) bond motifs is 1. The molecule has 5 rings (SSSR count). The standard InChI is InChI=1S/C24H27FN6O/c1-30(2)24-26-13-19(15-8-10-17(25)11-9-15)21(27-24)16-5-4-12-31(14-16)23(32)22-18-6-3-7-20(18)28-29-22/h8-11,13,16H,3-7,12,14H2,1-2H3,(H,28,29)/t16-/m0/s1. The molecule has 1 amide bonds. The van der Waals surface area contributed by atoms with E-state index in [1.165, 1.54) is 12.1 Å². The van der Waals surface area contributed by atoms with Crippen molar-refractivity contribution in [3.8, 4) is 11.1 Å². The van der Waals surface area contributed by atoms with Gasteiger partial charge in [-0.1, -0.05) is 12.1 Å². The van der Waals surface area contributed by atoms with Crippen molar-refractivity contribution in [1.82, 2.24) is 25.1 Å². The molecule has 1 N–H and O–H groups in total. The maximum absolute atomic E-state index is 13.5. The molecular formula is C24H27FN6O. The second-order valence-corrected chi connectivity index (χ2v) is 8.84. The summed E-state index contributed by atoms with van der Waals surface area (Å²) < 4.78 is 13.5. The van der Waals surface area contributed by atoms with Crippen molar-refractivity contribution in [2.75, 3.05) is 32.1 Å². The maximum Gasteiger partial charge on any atom is 0.274 e. The third kappa shape index (κ3) is 3.74. The Morgan fingerprint density at radius 3 is 2.78 bits per heavy atom. The third-order valence-electron chi connectivity index (χ3n) is 6.46. The lowest BCUT2D eigenvalue weighted by atomic mass is 9.89. The number of H-pyrrole nitrogens is 1.